The predicted molar refractivity (Wildman–Crippen MR) is 89.2 cm³/mol. The molecule has 0 spiro atoms. The lowest BCUT2D eigenvalue weighted by molar-refractivity contribution is 0.102. The Morgan fingerprint density at radius 3 is 2.82 bits per heavy atom. The highest BCUT2D eigenvalue weighted by atomic mass is 16.1. The number of benzene rings is 2. The van der Waals surface area contributed by atoms with Crippen molar-refractivity contribution in [3.05, 3.63) is 66.5 Å². The minimum Gasteiger partial charge on any atom is -0.361 e. The normalized spacial score (nSPS) is 11.1. The van der Waals surface area contributed by atoms with Crippen molar-refractivity contribution in [1.82, 2.24) is 9.55 Å². The molecule has 0 aliphatic heterocycles. The highest BCUT2D eigenvalue weighted by molar-refractivity contribution is 6.15. The number of hydrogen-bond acceptors (Lipinski definition) is 1. The van der Waals surface area contributed by atoms with Gasteiger partial charge in [-0.25, -0.2) is 0 Å². The molecule has 0 radical (unpaired) electrons. The maximum atomic E-state index is 12.7. The summed E-state index contributed by atoms with van der Waals surface area (Å²) in [5.41, 5.74) is 3.56. The van der Waals surface area contributed by atoms with Crippen LogP contribution in [-0.4, -0.2) is 15.5 Å². The first-order chi connectivity index (χ1) is 10.7. The van der Waals surface area contributed by atoms with Crippen LogP contribution in [0.15, 0.2) is 60.9 Å². The van der Waals surface area contributed by atoms with Crippen molar-refractivity contribution in [2.45, 2.75) is 0 Å². The number of para-hydroxylation sites is 1. The molecule has 2 aromatic heterocycles. The average molecular weight is 289 g/mol. The van der Waals surface area contributed by atoms with E-state index in [1.807, 2.05) is 72.5 Å². The number of rotatable bonds is 2. The zero-order valence-electron chi connectivity index (χ0n) is 12.1. The molecule has 0 aliphatic carbocycles. The monoisotopic (exact) mass is 289 g/mol. The van der Waals surface area contributed by atoms with Crippen LogP contribution in [0.4, 0.5) is 5.69 Å². The number of aromatic amines is 1. The molecule has 0 aliphatic rings. The fourth-order valence-corrected chi connectivity index (χ4v) is 2.91. The molecule has 2 aromatic carbocycles. The molecule has 1 amide bonds. The highest BCUT2D eigenvalue weighted by Crippen LogP contribution is 2.25. The molecule has 0 fully saturated rings. The first kappa shape index (κ1) is 12.7. The van der Waals surface area contributed by atoms with Crippen LogP contribution in [0.25, 0.3) is 21.8 Å². The number of H-pyrrole nitrogens is 1. The lowest BCUT2D eigenvalue weighted by atomic mass is 10.1. The van der Waals surface area contributed by atoms with Crippen molar-refractivity contribution in [3.63, 3.8) is 0 Å². The van der Waals surface area contributed by atoms with E-state index in [1.54, 1.807) is 0 Å². The molecule has 4 aromatic rings. The van der Waals surface area contributed by atoms with Crippen LogP contribution in [0.1, 0.15) is 10.4 Å². The second kappa shape index (κ2) is 4.77. The molecule has 4 heteroatoms. The van der Waals surface area contributed by atoms with Crippen LogP contribution in [0, 0.1) is 0 Å². The topological polar surface area (TPSA) is 49.8 Å². The largest absolute Gasteiger partial charge is 0.361 e. The Morgan fingerprint density at radius 1 is 1.05 bits per heavy atom. The van der Waals surface area contributed by atoms with Gasteiger partial charge >= 0.3 is 0 Å². The maximum Gasteiger partial charge on any atom is 0.257 e. The van der Waals surface area contributed by atoms with E-state index in [-0.39, 0.29) is 5.91 Å². The summed E-state index contributed by atoms with van der Waals surface area (Å²) >= 11 is 0. The lowest BCUT2D eigenvalue weighted by Crippen LogP contribution is -2.11. The Balaban J connectivity index is 1.77. The van der Waals surface area contributed by atoms with E-state index in [1.165, 1.54) is 0 Å². The summed E-state index contributed by atoms with van der Waals surface area (Å²) in [6.07, 6.45) is 3.75. The van der Waals surface area contributed by atoms with Gasteiger partial charge in [-0.2, -0.15) is 0 Å². The third-order valence-electron chi connectivity index (χ3n) is 3.98. The second-order valence-electron chi connectivity index (χ2n) is 5.37. The number of anilines is 1. The molecule has 22 heavy (non-hydrogen) atoms. The van der Waals surface area contributed by atoms with Crippen LogP contribution >= 0.6 is 0 Å². The number of aryl methyl sites for hydroxylation is 1. The Labute approximate surface area is 127 Å². The van der Waals surface area contributed by atoms with Gasteiger partial charge in [0, 0.05) is 41.2 Å². The minimum atomic E-state index is -0.0921. The van der Waals surface area contributed by atoms with Gasteiger partial charge in [-0.3, -0.25) is 4.79 Å². The summed E-state index contributed by atoms with van der Waals surface area (Å²) < 4.78 is 1.97. The minimum absolute atomic E-state index is 0.0921. The second-order valence-corrected chi connectivity index (χ2v) is 5.37. The number of hydrogen-bond donors (Lipinski definition) is 2. The maximum absolute atomic E-state index is 12.7. The fourth-order valence-electron chi connectivity index (χ4n) is 2.91. The quantitative estimate of drug-likeness (QED) is 0.577. The van der Waals surface area contributed by atoms with Crippen LogP contribution < -0.4 is 5.32 Å². The molecule has 0 atom stereocenters. The summed E-state index contributed by atoms with van der Waals surface area (Å²) in [5, 5.41) is 4.99. The standard InChI is InChI=1S/C18H15N3O/c1-21-11-14(12-5-2-3-8-17(12)21)18(22)20-16-7-4-6-15-13(16)9-10-19-15/h2-11,19H,1H3,(H,20,22). The van der Waals surface area contributed by atoms with Crippen LogP contribution in [0.3, 0.4) is 0 Å². The molecule has 4 rings (SSSR count). The van der Waals surface area contributed by atoms with E-state index in [0.717, 1.165) is 27.5 Å². The number of fused-ring (bicyclic) bond motifs is 2. The van der Waals surface area contributed by atoms with Gasteiger partial charge in [-0.05, 0) is 24.3 Å². The van der Waals surface area contributed by atoms with Crippen molar-refractivity contribution < 1.29 is 4.79 Å². The number of carbonyl (C=O) groups excluding carboxylic acids is 1. The summed E-state index contributed by atoms with van der Waals surface area (Å²) in [7, 11) is 1.95. The van der Waals surface area contributed by atoms with Crippen molar-refractivity contribution in [1.29, 1.82) is 0 Å². The van der Waals surface area contributed by atoms with Gasteiger partial charge < -0.3 is 14.9 Å². The Hall–Kier alpha value is -3.01. The number of carbonyl (C=O) groups is 1. The van der Waals surface area contributed by atoms with E-state index >= 15 is 0 Å². The van der Waals surface area contributed by atoms with Crippen LogP contribution in [0.2, 0.25) is 0 Å². The predicted octanol–water partition coefficient (Wildman–Crippen LogP) is 3.91. The molecular formula is C18H15N3O. The Kier molecular flexibility index (Phi) is 2.76. The number of amides is 1. The van der Waals surface area contributed by atoms with Crippen molar-refractivity contribution in [3.8, 4) is 0 Å². The van der Waals surface area contributed by atoms with Gasteiger partial charge in [-0.1, -0.05) is 24.3 Å². The van der Waals surface area contributed by atoms with Crippen molar-refractivity contribution in [2.75, 3.05) is 5.32 Å². The Morgan fingerprint density at radius 2 is 1.91 bits per heavy atom. The first-order valence-corrected chi connectivity index (χ1v) is 7.15. The summed E-state index contributed by atoms with van der Waals surface area (Å²) in [6, 6.07) is 15.7. The van der Waals surface area contributed by atoms with Crippen molar-refractivity contribution >= 4 is 33.4 Å². The molecule has 108 valence electrons. The zero-order valence-corrected chi connectivity index (χ0v) is 12.1. The van der Waals surface area contributed by atoms with Crippen LogP contribution in [0.5, 0.6) is 0 Å². The van der Waals surface area contributed by atoms with Crippen molar-refractivity contribution in [2.24, 2.45) is 7.05 Å². The number of nitrogens with one attached hydrogen (secondary N) is 2. The SMILES string of the molecule is Cn1cc(C(=O)Nc2cccc3[nH]ccc23)c2ccccc21. The molecule has 0 saturated heterocycles. The van der Waals surface area contributed by atoms with E-state index in [4.69, 9.17) is 0 Å². The summed E-state index contributed by atoms with van der Waals surface area (Å²) in [5.74, 6) is -0.0921. The van der Waals surface area contributed by atoms with E-state index in [9.17, 15) is 4.79 Å². The summed E-state index contributed by atoms with van der Waals surface area (Å²) in [4.78, 5) is 15.8. The van der Waals surface area contributed by atoms with E-state index in [0.29, 0.717) is 5.56 Å². The zero-order chi connectivity index (χ0) is 15.1. The molecule has 2 N–H and O–H groups in total. The molecule has 0 saturated carbocycles. The van der Waals surface area contributed by atoms with Gasteiger partial charge in [0.05, 0.1) is 11.3 Å². The Bertz CT molecular complexity index is 994. The van der Waals surface area contributed by atoms with E-state index in [2.05, 4.69) is 10.3 Å². The molecule has 2 heterocycles. The highest BCUT2D eigenvalue weighted by Gasteiger charge is 2.14. The molecule has 0 bridgehead atoms. The third-order valence-corrected chi connectivity index (χ3v) is 3.98. The smallest absolute Gasteiger partial charge is 0.257 e. The average Bonchev–Trinajstić information content (AvgIpc) is 3.13. The molecular weight excluding hydrogens is 274 g/mol. The third kappa shape index (κ3) is 1.89. The van der Waals surface area contributed by atoms with Gasteiger partial charge in [0.15, 0.2) is 0 Å². The summed E-state index contributed by atoms with van der Waals surface area (Å²) in [6.45, 7) is 0. The van der Waals surface area contributed by atoms with Crippen LogP contribution in [-0.2, 0) is 7.05 Å². The van der Waals surface area contributed by atoms with Gasteiger partial charge in [-0.15, -0.1) is 0 Å². The lowest BCUT2D eigenvalue weighted by Gasteiger charge is -2.06. The van der Waals surface area contributed by atoms with Gasteiger partial charge in [0.2, 0.25) is 0 Å². The first-order valence-electron chi connectivity index (χ1n) is 7.15. The molecule has 0 unspecified atom stereocenters. The fraction of sp³-hybridized carbons (Fsp3) is 0.0556. The number of nitrogens with zero attached hydrogens (tertiary/aromatic N) is 1. The van der Waals surface area contributed by atoms with E-state index < -0.39 is 0 Å². The van der Waals surface area contributed by atoms with Gasteiger partial charge in [0.1, 0.15) is 0 Å². The number of aromatic nitrogens is 2. The molecule has 4 nitrogen and oxygen atoms in total. The van der Waals surface area contributed by atoms with Gasteiger partial charge in [0.25, 0.3) is 5.91 Å².